The highest BCUT2D eigenvalue weighted by Crippen LogP contribution is 2.28. The Hall–Kier alpha value is -1.13. The molecule has 3 rings (SSSR count). The maximum atomic E-state index is 12.7. The van der Waals surface area contributed by atoms with E-state index in [0.717, 1.165) is 28.9 Å². The van der Waals surface area contributed by atoms with Gasteiger partial charge in [-0.2, -0.15) is 0 Å². The second-order valence-corrected chi connectivity index (χ2v) is 7.31. The van der Waals surface area contributed by atoms with E-state index in [9.17, 15) is 4.79 Å². The summed E-state index contributed by atoms with van der Waals surface area (Å²) in [5.41, 5.74) is 1.35. The van der Waals surface area contributed by atoms with Crippen molar-refractivity contribution in [2.24, 2.45) is 0 Å². The van der Waals surface area contributed by atoms with Gasteiger partial charge in [0.15, 0.2) is 0 Å². The van der Waals surface area contributed by atoms with E-state index in [-0.39, 0.29) is 5.91 Å². The Labute approximate surface area is 137 Å². The van der Waals surface area contributed by atoms with Crippen LogP contribution in [0, 0.1) is 0 Å². The molecular weight excluding hydrogens is 346 g/mol. The third kappa shape index (κ3) is 3.55. The zero-order valence-electron chi connectivity index (χ0n) is 11.8. The molecule has 1 fully saturated rings. The third-order valence-corrected chi connectivity index (χ3v) is 5.69. The van der Waals surface area contributed by atoms with Crippen molar-refractivity contribution in [2.75, 3.05) is 13.1 Å². The molecule has 0 saturated carbocycles. The van der Waals surface area contributed by atoms with Gasteiger partial charge >= 0.3 is 0 Å². The molecule has 1 aromatic carbocycles. The van der Waals surface area contributed by atoms with Gasteiger partial charge in [-0.05, 0) is 40.4 Å². The summed E-state index contributed by atoms with van der Waals surface area (Å²) in [6, 6.07) is 12.5. The molecule has 2 heterocycles. The van der Waals surface area contributed by atoms with Crippen LogP contribution in [-0.4, -0.2) is 23.9 Å². The lowest BCUT2D eigenvalue weighted by molar-refractivity contribution is 0.0759. The Kier molecular flexibility index (Phi) is 4.76. The Morgan fingerprint density at radius 2 is 2.05 bits per heavy atom. The van der Waals surface area contributed by atoms with Crippen LogP contribution >= 0.6 is 27.3 Å². The molecular formula is C17H18BrNOS. The highest BCUT2D eigenvalue weighted by atomic mass is 79.9. The highest BCUT2D eigenvalue weighted by Gasteiger charge is 2.24. The quantitative estimate of drug-likeness (QED) is 0.741. The summed E-state index contributed by atoms with van der Waals surface area (Å²) in [4.78, 5) is 15.5. The van der Waals surface area contributed by atoms with E-state index in [4.69, 9.17) is 0 Å². The van der Waals surface area contributed by atoms with Crippen molar-refractivity contribution in [2.45, 2.75) is 25.2 Å². The van der Waals surface area contributed by atoms with Crippen molar-refractivity contribution in [3.05, 3.63) is 56.7 Å². The van der Waals surface area contributed by atoms with E-state index >= 15 is 0 Å². The number of likely N-dealkylation sites (tertiary alicyclic amines) is 1. The lowest BCUT2D eigenvalue weighted by Gasteiger charge is -2.24. The minimum atomic E-state index is 0.175. The van der Waals surface area contributed by atoms with Gasteiger partial charge in [0.1, 0.15) is 0 Å². The SMILES string of the molecule is O=C(c1cc(Br)cs1)N1CCCCC(c2ccccc2)C1. The lowest BCUT2D eigenvalue weighted by atomic mass is 9.94. The highest BCUT2D eigenvalue weighted by molar-refractivity contribution is 9.10. The number of carbonyl (C=O) groups is 1. The first kappa shape index (κ1) is 14.8. The predicted molar refractivity (Wildman–Crippen MR) is 91.0 cm³/mol. The van der Waals surface area contributed by atoms with Gasteiger partial charge < -0.3 is 4.90 Å². The van der Waals surface area contributed by atoms with Gasteiger partial charge in [0.2, 0.25) is 0 Å². The standard InChI is InChI=1S/C17H18BrNOS/c18-15-10-16(21-12-15)17(20)19-9-5-4-8-14(11-19)13-6-2-1-3-7-13/h1-3,6-7,10,12,14H,4-5,8-9,11H2. The van der Waals surface area contributed by atoms with Crippen molar-refractivity contribution in [3.63, 3.8) is 0 Å². The fourth-order valence-electron chi connectivity index (χ4n) is 2.90. The van der Waals surface area contributed by atoms with Crippen LogP contribution in [0.25, 0.3) is 0 Å². The van der Waals surface area contributed by atoms with Crippen LogP contribution in [0.1, 0.15) is 40.4 Å². The van der Waals surface area contributed by atoms with E-state index in [1.807, 2.05) is 22.4 Å². The first-order valence-corrected chi connectivity index (χ1v) is 8.99. The Morgan fingerprint density at radius 3 is 2.76 bits per heavy atom. The molecule has 0 N–H and O–H groups in total. The maximum Gasteiger partial charge on any atom is 0.263 e. The monoisotopic (exact) mass is 363 g/mol. The van der Waals surface area contributed by atoms with Crippen molar-refractivity contribution < 1.29 is 4.79 Å². The summed E-state index contributed by atoms with van der Waals surface area (Å²) in [6.45, 7) is 1.70. The minimum Gasteiger partial charge on any atom is -0.337 e. The van der Waals surface area contributed by atoms with E-state index in [1.165, 1.54) is 29.7 Å². The molecule has 110 valence electrons. The molecule has 0 spiro atoms. The molecule has 1 atom stereocenters. The van der Waals surface area contributed by atoms with Crippen molar-refractivity contribution in [1.82, 2.24) is 4.90 Å². The molecule has 0 aliphatic carbocycles. The molecule has 0 bridgehead atoms. The smallest absolute Gasteiger partial charge is 0.263 e. The molecule has 1 aromatic heterocycles. The van der Waals surface area contributed by atoms with Gasteiger partial charge in [-0.25, -0.2) is 0 Å². The number of nitrogens with zero attached hydrogens (tertiary/aromatic N) is 1. The van der Waals surface area contributed by atoms with Gasteiger partial charge in [-0.1, -0.05) is 36.8 Å². The number of amides is 1. The van der Waals surface area contributed by atoms with Crippen LogP contribution in [0.4, 0.5) is 0 Å². The molecule has 1 unspecified atom stereocenters. The minimum absolute atomic E-state index is 0.175. The number of rotatable bonds is 2. The maximum absolute atomic E-state index is 12.7. The van der Waals surface area contributed by atoms with E-state index in [0.29, 0.717) is 5.92 Å². The Bertz CT molecular complexity index is 610. The van der Waals surface area contributed by atoms with Crippen LogP contribution in [0.2, 0.25) is 0 Å². The molecule has 0 radical (unpaired) electrons. The summed E-state index contributed by atoms with van der Waals surface area (Å²) >= 11 is 4.95. The Morgan fingerprint density at radius 1 is 1.24 bits per heavy atom. The number of hydrogen-bond donors (Lipinski definition) is 0. The molecule has 21 heavy (non-hydrogen) atoms. The van der Waals surface area contributed by atoms with Crippen molar-refractivity contribution in [1.29, 1.82) is 0 Å². The largest absolute Gasteiger partial charge is 0.337 e. The molecule has 1 aliphatic heterocycles. The fourth-order valence-corrected chi connectivity index (χ4v) is 4.30. The average Bonchev–Trinajstić information content (AvgIpc) is 2.81. The molecule has 1 aliphatic rings. The van der Waals surface area contributed by atoms with E-state index < -0.39 is 0 Å². The first-order chi connectivity index (χ1) is 10.2. The number of benzene rings is 1. The first-order valence-electron chi connectivity index (χ1n) is 7.32. The van der Waals surface area contributed by atoms with Crippen LogP contribution in [0.3, 0.4) is 0 Å². The molecule has 2 aromatic rings. The summed E-state index contributed by atoms with van der Waals surface area (Å²) in [5, 5.41) is 1.97. The third-order valence-electron chi connectivity index (χ3n) is 4.01. The van der Waals surface area contributed by atoms with Crippen molar-refractivity contribution >= 4 is 33.2 Å². The van der Waals surface area contributed by atoms with Gasteiger partial charge in [-0.3, -0.25) is 4.79 Å². The average molecular weight is 364 g/mol. The predicted octanol–water partition coefficient (Wildman–Crippen LogP) is 4.92. The van der Waals surface area contributed by atoms with Crippen LogP contribution in [0.15, 0.2) is 46.3 Å². The van der Waals surface area contributed by atoms with E-state index in [1.54, 1.807) is 0 Å². The van der Waals surface area contributed by atoms with Crippen LogP contribution < -0.4 is 0 Å². The van der Waals surface area contributed by atoms with Gasteiger partial charge in [0.25, 0.3) is 5.91 Å². The van der Waals surface area contributed by atoms with Crippen molar-refractivity contribution in [3.8, 4) is 0 Å². The van der Waals surface area contributed by atoms with E-state index in [2.05, 4.69) is 40.2 Å². The topological polar surface area (TPSA) is 20.3 Å². The number of hydrogen-bond acceptors (Lipinski definition) is 2. The number of halogens is 1. The molecule has 1 amide bonds. The van der Waals surface area contributed by atoms with Gasteiger partial charge in [0.05, 0.1) is 4.88 Å². The molecule has 2 nitrogen and oxygen atoms in total. The number of thiophene rings is 1. The summed E-state index contributed by atoms with van der Waals surface area (Å²) in [7, 11) is 0. The summed E-state index contributed by atoms with van der Waals surface area (Å²) in [5.74, 6) is 0.634. The second-order valence-electron chi connectivity index (χ2n) is 5.48. The number of carbonyl (C=O) groups excluding carboxylic acids is 1. The summed E-state index contributed by atoms with van der Waals surface area (Å²) in [6.07, 6.45) is 3.46. The molecule has 1 saturated heterocycles. The van der Waals surface area contributed by atoms with Gasteiger partial charge in [-0.15, -0.1) is 11.3 Å². The molecule has 4 heteroatoms. The van der Waals surface area contributed by atoms with Crippen LogP contribution in [-0.2, 0) is 0 Å². The van der Waals surface area contributed by atoms with Gasteiger partial charge in [0, 0.05) is 28.9 Å². The summed E-state index contributed by atoms with van der Waals surface area (Å²) < 4.78 is 0.991. The van der Waals surface area contributed by atoms with Crippen LogP contribution in [0.5, 0.6) is 0 Å². The Balaban J connectivity index is 1.77. The fraction of sp³-hybridized carbons (Fsp3) is 0.353. The zero-order valence-corrected chi connectivity index (χ0v) is 14.2. The lowest BCUT2D eigenvalue weighted by Crippen LogP contribution is -2.33. The second kappa shape index (κ2) is 6.75. The normalized spacial score (nSPS) is 19.3. The zero-order chi connectivity index (χ0) is 14.7.